The van der Waals surface area contributed by atoms with Gasteiger partial charge in [0, 0.05) is 23.6 Å². The molecule has 1 heterocycles. The third-order valence-electron chi connectivity index (χ3n) is 4.60. The molecule has 1 N–H and O–H groups in total. The standard InChI is InChI=1S/C21H22N2O3/c1-14(2)23-18-12-8-7-11-17(18)21(20(23)26,13-15(3)24)22-19(25)16-9-5-4-6-10-16/h4-12,14H,13H2,1-3H3,(H,22,25)/t21-/m0/s1. The van der Waals surface area contributed by atoms with E-state index in [1.165, 1.54) is 6.92 Å². The van der Waals surface area contributed by atoms with Crippen LogP contribution in [0.5, 0.6) is 0 Å². The Balaban J connectivity index is 2.12. The molecule has 2 aromatic carbocycles. The SMILES string of the molecule is CC(=O)C[C@@]1(NC(=O)c2ccccc2)C(=O)N(C(C)C)c2ccccc21. The van der Waals surface area contributed by atoms with Crippen LogP contribution in [0.25, 0.3) is 0 Å². The number of benzene rings is 2. The van der Waals surface area contributed by atoms with Gasteiger partial charge in [0.2, 0.25) is 0 Å². The number of hydrogen-bond acceptors (Lipinski definition) is 3. The molecule has 0 radical (unpaired) electrons. The molecule has 1 aliphatic rings. The van der Waals surface area contributed by atoms with E-state index in [0.717, 1.165) is 5.69 Å². The number of para-hydroxylation sites is 1. The average Bonchev–Trinajstić information content (AvgIpc) is 2.84. The van der Waals surface area contributed by atoms with Crippen molar-refractivity contribution in [3.8, 4) is 0 Å². The molecule has 0 aromatic heterocycles. The predicted octanol–water partition coefficient (Wildman–Crippen LogP) is 3.05. The molecule has 0 bridgehead atoms. The molecule has 0 unspecified atom stereocenters. The molecule has 0 saturated heterocycles. The third-order valence-corrected chi connectivity index (χ3v) is 4.60. The fourth-order valence-electron chi connectivity index (χ4n) is 3.55. The highest BCUT2D eigenvalue weighted by Crippen LogP contribution is 2.43. The summed E-state index contributed by atoms with van der Waals surface area (Å²) in [6.45, 7) is 5.26. The van der Waals surface area contributed by atoms with Crippen LogP contribution in [0.2, 0.25) is 0 Å². The summed E-state index contributed by atoms with van der Waals surface area (Å²) in [6, 6.07) is 15.9. The Bertz CT molecular complexity index is 861. The summed E-state index contributed by atoms with van der Waals surface area (Å²) < 4.78 is 0. The number of Topliss-reactive ketones (excluding diaryl/α,β-unsaturated/α-hetero) is 1. The van der Waals surface area contributed by atoms with Crippen LogP contribution in [0.4, 0.5) is 5.69 Å². The number of anilines is 1. The van der Waals surface area contributed by atoms with Crippen molar-refractivity contribution < 1.29 is 14.4 Å². The van der Waals surface area contributed by atoms with Crippen LogP contribution in [0.3, 0.4) is 0 Å². The molecule has 0 spiro atoms. The van der Waals surface area contributed by atoms with E-state index in [1.807, 2.05) is 44.2 Å². The maximum Gasteiger partial charge on any atom is 0.258 e. The lowest BCUT2D eigenvalue weighted by Crippen LogP contribution is -2.55. The first-order valence-corrected chi connectivity index (χ1v) is 8.67. The molecular weight excluding hydrogens is 328 g/mol. The normalized spacial score (nSPS) is 18.8. The molecule has 2 amide bonds. The fourth-order valence-corrected chi connectivity index (χ4v) is 3.55. The van der Waals surface area contributed by atoms with E-state index in [0.29, 0.717) is 11.1 Å². The number of carbonyl (C=O) groups excluding carboxylic acids is 3. The molecule has 1 aliphatic heterocycles. The molecule has 2 aromatic rings. The molecule has 5 heteroatoms. The number of amides is 2. The van der Waals surface area contributed by atoms with Crippen molar-refractivity contribution in [1.29, 1.82) is 0 Å². The molecule has 134 valence electrons. The summed E-state index contributed by atoms with van der Waals surface area (Å²) in [5.41, 5.74) is 0.476. The first-order chi connectivity index (χ1) is 12.4. The van der Waals surface area contributed by atoms with E-state index in [-0.39, 0.29) is 30.1 Å². The lowest BCUT2D eigenvalue weighted by atomic mass is 9.86. The van der Waals surface area contributed by atoms with E-state index in [9.17, 15) is 14.4 Å². The van der Waals surface area contributed by atoms with Crippen molar-refractivity contribution in [3.05, 3.63) is 65.7 Å². The predicted molar refractivity (Wildman–Crippen MR) is 99.9 cm³/mol. The van der Waals surface area contributed by atoms with E-state index in [1.54, 1.807) is 29.2 Å². The smallest absolute Gasteiger partial charge is 0.258 e. The van der Waals surface area contributed by atoms with Crippen molar-refractivity contribution in [1.82, 2.24) is 5.32 Å². The van der Waals surface area contributed by atoms with E-state index < -0.39 is 5.54 Å². The van der Waals surface area contributed by atoms with Gasteiger partial charge in [-0.15, -0.1) is 0 Å². The summed E-state index contributed by atoms with van der Waals surface area (Å²) >= 11 is 0. The zero-order valence-electron chi connectivity index (χ0n) is 15.2. The Morgan fingerprint density at radius 3 is 2.27 bits per heavy atom. The Kier molecular flexibility index (Phi) is 4.64. The highest BCUT2D eigenvalue weighted by Gasteiger charge is 2.53. The highest BCUT2D eigenvalue weighted by molar-refractivity contribution is 6.12. The van der Waals surface area contributed by atoms with Gasteiger partial charge in [0.05, 0.1) is 5.69 Å². The van der Waals surface area contributed by atoms with Gasteiger partial charge in [-0.3, -0.25) is 14.4 Å². The van der Waals surface area contributed by atoms with Gasteiger partial charge in [0.15, 0.2) is 5.54 Å². The number of fused-ring (bicyclic) bond motifs is 1. The number of nitrogens with zero attached hydrogens (tertiary/aromatic N) is 1. The van der Waals surface area contributed by atoms with Crippen molar-refractivity contribution in [2.75, 3.05) is 4.90 Å². The van der Waals surface area contributed by atoms with Crippen LogP contribution in [0.1, 0.15) is 43.1 Å². The molecular formula is C21H22N2O3. The first-order valence-electron chi connectivity index (χ1n) is 8.67. The van der Waals surface area contributed by atoms with E-state index in [4.69, 9.17) is 0 Å². The minimum Gasteiger partial charge on any atom is -0.333 e. The average molecular weight is 350 g/mol. The highest BCUT2D eigenvalue weighted by atomic mass is 16.2. The van der Waals surface area contributed by atoms with Crippen LogP contribution < -0.4 is 10.2 Å². The van der Waals surface area contributed by atoms with Crippen molar-refractivity contribution in [2.45, 2.75) is 38.8 Å². The van der Waals surface area contributed by atoms with Crippen LogP contribution >= 0.6 is 0 Å². The zero-order valence-corrected chi connectivity index (χ0v) is 15.2. The van der Waals surface area contributed by atoms with Gasteiger partial charge < -0.3 is 10.2 Å². The van der Waals surface area contributed by atoms with Crippen LogP contribution in [-0.2, 0) is 15.1 Å². The lowest BCUT2D eigenvalue weighted by Gasteiger charge is -2.30. The fraction of sp³-hybridized carbons (Fsp3) is 0.286. The number of ketones is 1. The summed E-state index contributed by atoms with van der Waals surface area (Å²) in [6.07, 6.45) is -0.0787. The third kappa shape index (κ3) is 2.90. The van der Waals surface area contributed by atoms with Crippen LogP contribution in [-0.4, -0.2) is 23.6 Å². The monoisotopic (exact) mass is 350 g/mol. The van der Waals surface area contributed by atoms with Gasteiger partial charge >= 0.3 is 0 Å². The lowest BCUT2D eigenvalue weighted by molar-refractivity contribution is -0.129. The minimum absolute atomic E-state index is 0.0787. The van der Waals surface area contributed by atoms with Gasteiger partial charge in [0.1, 0.15) is 5.78 Å². The minimum atomic E-state index is -1.38. The Morgan fingerprint density at radius 1 is 1.04 bits per heavy atom. The molecule has 0 fully saturated rings. The van der Waals surface area contributed by atoms with Crippen LogP contribution in [0.15, 0.2) is 54.6 Å². The second kappa shape index (κ2) is 6.75. The van der Waals surface area contributed by atoms with Gasteiger partial charge in [-0.25, -0.2) is 0 Å². The Hall–Kier alpha value is -2.95. The topological polar surface area (TPSA) is 66.5 Å². The van der Waals surface area contributed by atoms with Crippen molar-refractivity contribution in [3.63, 3.8) is 0 Å². The largest absolute Gasteiger partial charge is 0.333 e. The zero-order chi connectivity index (χ0) is 18.9. The second-order valence-corrected chi connectivity index (χ2v) is 6.89. The van der Waals surface area contributed by atoms with E-state index >= 15 is 0 Å². The van der Waals surface area contributed by atoms with Gasteiger partial charge in [0.25, 0.3) is 11.8 Å². The second-order valence-electron chi connectivity index (χ2n) is 6.89. The Morgan fingerprint density at radius 2 is 1.65 bits per heavy atom. The van der Waals surface area contributed by atoms with Crippen LogP contribution in [0, 0.1) is 0 Å². The Labute approximate surface area is 153 Å². The summed E-state index contributed by atoms with van der Waals surface area (Å²) in [7, 11) is 0. The molecule has 26 heavy (non-hydrogen) atoms. The maximum atomic E-state index is 13.4. The summed E-state index contributed by atoms with van der Waals surface area (Å²) in [5.74, 6) is -0.805. The maximum absolute atomic E-state index is 13.4. The first kappa shape index (κ1) is 17.9. The quantitative estimate of drug-likeness (QED) is 0.901. The molecule has 0 aliphatic carbocycles. The van der Waals surface area contributed by atoms with Gasteiger partial charge in [-0.1, -0.05) is 36.4 Å². The number of carbonyl (C=O) groups is 3. The van der Waals surface area contributed by atoms with Gasteiger partial charge in [-0.2, -0.15) is 0 Å². The number of nitrogens with one attached hydrogen (secondary N) is 1. The molecule has 5 nitrogen and oxygen atoms in total. The van der Waals surface area contributed by atoms with Crippen molar-refractivity contribution in [2.24, 2.45) is 0 Å². The van der Waals surface area contributed by atoms with Crippen molar-refractivity contribution >= 4 is 23.3 Å². The number of rotatable bonds is 5. The molecule has 0 saturated carbocycles. The van der Waals surface area contributed by atoms with Gasteiger partial charge in [-0.05, 0) is 39.0 Å². The molecule has 1 atom stereocenters. The summed E-state index contributed by atoms with van der Waals surface area (Å²) in [4.78, 5) is 39.9. The summed E-state index contributed by atoms with van der Waals surface area (Å²) in [5, 5.41) is 2.88. The van der Waals surface area contributed by atoms with E-state index in [2.05, 4.69) is 5.32 Å². The molecule has 3 rings (SSSR count). The number of hydrogen-bond donors (Lipinski definition) is 1.